The van der Waals surface area contributed by atoms with Crippen LogP contribution in [0.4, 0.5) is 5.00 Å². The van der Waals surface area contributed by atoms with Crippen molar-refractivity contribution in [1.82, 2.24) is 0 Å². The van der Waals surface area contributed by atoms with Gasteiger partial charge in [-0.3, -0.25) is 9.59 Å². The lowest BCUT2D eigenvalue weighted by atomic mass is 9.82. The van der Waals surface area contributed by atoms with E-state index in [1.807, 2.05) is 26.0 Å². The molecule has 1 saturated carbocycles. The first-order chi connectivity index (χ1) is 12.4. The third kappa shape index (κ3) is 3.05. The van der Waals surface area contributed by atoms with Crippen molar-refractivity contribution < 1.29 is 24.2 Å². The molecule has 7 heteroatoms. The number of carbonyl (C=O) groups excluding carboxylic acids is 2. The molecule has 1 amide bonds. The van der Waals surface area contributed by atoms with Gasteiger partial charge in [0.25, 0.3) is 0 Å². The van der Waals surface area contributed by atoms with Gasteiger partial charge in [0.1, 0.15) is 5.00 Å². The summed E-state index contributed by atoms with van der Waals surface area (Å²) in [5.74, 6) is -3.18. The first-order valence-electron chi connectivity index (χ1n) is 8.90. The minimum absolute atomic E-state index is 0.0566. The number of fused-ring (bicyclic) bond motifs is 2. The van der Waals surface area contributed by atoms with Crippen LogP contribution in [0.2, 0.25) is 0 Å². The highest BCUT2D eigenvalue weighted by atomic mass is 32.1. The molecule has 140 valence electrons. The molecule has 2 aliphatic rings. The first-order valence-corrected chi connectivity index (χ1v) is 9.72. The third-order valence-electron chi connectivity index (χ3n) is 5.33. The number of nitrogens with one attached hydrogen (secondary N) is 1. The highest BCUT2D eigenvalue weighted by Gasteiger charge is 2.51. The summed E-state index contributed by atoms with van der Waals surface area (Å²) in [6, 6.07) is 0. The number of anilines is 1. The quantitative estimate of drug-likeness (QED) is 0.586. The summed E-state index contributed by atoms with van der Waals surface area (Å²) in [6.07, 6.45) is 5.20. The van der Waals surface area contributed by atoms with Crippen molar-refractivity contribution in [2.45, 2.75) is 33.6 Å². The molecule has 26 heavy (non-hydrogen) atoms. The molecule has 6 nitrogen and oxygen atoms in total. The van der Waals surface area contributed by atoms with Crippen LogP contribution in [0, 0.1) is 30.6 Å². The average molecular weight is 377 g/mol. The molecule has 2 N–H and O–H groups in total. The van der Waals surface area contributed by atoms with Crippen LogP contribution in [0.3, 0.4) is 0 Å². The van der Waals surface area contributed by atoms with Crippen molar-refractivity contribution in [3.63, 3.8) is 0 Å². The number of thiophene rings is 1. The number of amides is 1. The van der Waals surface area contributed by atoms with Gasteiger partial charge in [-0.2, -0.15) is 0 Å². The molecule has 0 saturated heterocycles. The van der Waals surface area contributed by atoms with Crippen LogP contribution in [0.15, 0.2) is 12.2 Å². The minimum Gasteiger partial charge on any atom is -0.481 e. The van der Waals surface area contributed by atoms with Gasteiger partial charge in [0, 0.05) is 4.88 Å². The van der Waals surface area contributed by atoms with Crippen molar-refractivity contribution in [2.24, 2.45) is 23.7 Å². The van der Waals surface area contributed by atoms with Crippen molar-refractivity contribution in [3.05, 3.63) is 28.2 Å². The maximum atomic E-state index is 12.9. The maximum absolute atomic E-state index is 12.9. The standard InChI is InChI=1S/C19H23NO5S/c1-4-12-9(3)26-17(15(12)19(24)25-5-2)20-16(21)13-10-6-7-11(8-10)14(13)18(22)23/h6-7,10-11,13-14H,4-5,8H2,1-3H3,(H,20,21)(H,22,23)/t10-,11+,13-,14+/m1/s1. The first kappa shape index (κ1) is 18.6. The van der Waals surface area contributed by atoms with Crippen molar-refractivity contribution in [3.8, 4) is 0 Å². The van der Waals surface area contributed by atoms with E-state index < -0.39 is 23.8 Å². The zero-order valence-corrected chi connectivity index (χ0v) is 15.9. The summed E-state index contributed by atoms with van der Waals surface area (Å²) in [5.41, 5.74) is 1.27. The van der Waals surface area contributed by atoms with Gasteiger partial charge in [0.15, 0.2) is 0 Å². The number of aryl methyl sites for hydroxylation is 1. The van der Waals surface area contributed by atoms with Crippen LogP contribution in [-0.2, 0) is 20.7 Å². The van der Waals surface area contributed by atoms with Crippen molar-refractivity contribution in [2.75, 3.05) is 11.9 Å². The number of esters is 1. The lowest BCUT2D eigenvalue weighted by molar-refractivity contribution is -0.146. The molecule has 2 bridgehead atoms. The molecule has 0 spiro atoms. The second-order valence-electron chi connectivity index (χ2n) is 6.74. The number of carbonyl (C=O) groups is 3. The fourth-order valence-electron chi connectivity index (χ4n) is 4.22. The van der Waals surface area contributed by atoms with Crippen LogP contribution in [-0.4, -0.2) is 29.6 Å². The number of hydrogen-bond acceptors (Lipinski definition) is 5. The van der Waals surface area contributed by atoms with Crippen LogP contribution in [0.1, 0.15) is 41.1 Å². The van der Waals surface area contributed by atoms with E-state index in [0.717, 1.165) is 10.4 Å². The van der Waals surface area contributed by atoms with Crippen LogP contribution < -0.4 is 5.32 Å². The van der Waals surface area contributed by atoms with E-state index in [2.05, 4.69) is 5.32 Å². The number of carboxylic acid groups (broad SMARTS) is 1. The van der Waals surface area contributed by atoms with Gasteiger partial charge in [-0.05, 0) is 44.1 Å². The number of aliphatic carboxylic acids is 1. The normalized spacial score (nSPS) is 26.1. The fraction of sp³-hybridized carbons (Fsp3) is 0.526. The number of allylic oxidation sites excluding steroid dienone is 2. The number of hydrogen-bond donors (Lipinski definition) is 2. The summed E-state index contributed by atoms with van der Waals surface area (Å²) >= 11 is 1.34. The molecule has 0 aliphatic heterocycles. The summed E-state index contributed by atoms with van der Waals surface area (Å²) in [6.45, 7) is 5.84. The Balaban J connectivity index is 1.89. The predicted octanol–water partition coefficient (Wildman–Crippen LogP) is 3.26. The van der Waals surface area contributed by atoms with E-state index in [-0.39, 0.29) is 24.3 Å². The second kappa shape index (κ2) is 7.23. The Kier molecular flexibility index (Phi) is 5.18. The molecule has 0 aromatic carbocycles. The molecular formula is C19H23NO5S. The van der Waals surface area contributed by atoms with Gasteiger partial charge >= 0.3 is 11.9 Å². The van der Waals surface area contributed by atoms with E-state index in [4.69, 9.17) is 4.74 Å². The topological polar surface area (TPSA) is 92.7 Å². The zero-order chi connectivity index (χ0) is 19.0. The minimum atomic E-state index is -0.941. The summed E-state index contributed by atoms with van der Waals surface area (Å²) in [4.78, 5) is 37.9. The highest BCUT2D eigenvalue weighted by Crippen LogP contribution is 2.48. The Bertz CT molecular complexity index is 781. The Morgan fingerprint density at radius 3 is 2.46 bits per heavy atom. The Morgan fingerprint density at radius 2 is 1.88 bits per heavy atom. The highest BCUT2D eigenvalue weighted by molar-refractivity contribution is 7.16. The number of rotatable bonds is 6. The van der Waals surface area contributed by atoms with Gasteiger partial charge in [-0.25, -0.2) is 4.79 Å². The smallest absolute Gasteiger partial charge is 0.341 e. The van der Waals surface area contributed by atoms with Gasteiger partial charge in [-0.15, -0.1) is 11.3 Å². The maximum Gasteiger partial charge on any atom is 0.341 e. The van der Waals surface area contributed by atoms with E-state index >= 15 is 0 Å². The molecule has 3 rings (SSSR count). The van der Waals surface area contributed by atoms with E-state index in [1.165, 1.54) is 11.3 Å². The Morgan fingerprint density at radius 1 is 1.23 bits per heavy atom. The molecule has 1 aromatic rings. The average Bonchev–Trinajstić information content (AvgIpc) is 3.26. The van der Waals surface area contributed by atoms with Gasteiger partial charge in [0.05, 0.1) is 24.0 Å². The fourth-order valence-corrected chi connectivity index (χ4v) is 5.36. The second-order valence-corrected chi connectivity index (χ2v) is 7.97. The van der Waals surface area contributed by atoms with Crippen LogP contribution >= 0.6 is 11.3 Å². The molecule has 0 unspecified atom stereocenters. The van der Waals surface area contributed by atoms with Gasteiger partial charge < -0.3 is 15.2 Å². The largest absolute Gasteiger partial charge is 0.481 e. The molecule has 1 fully saturated rings. The Labute approximate surface area is 156 Å². The summed E-state index contributed by atoms with van der Waals surface area (Å²) in [5, 5.41) is 12.8. The van der Waals surface area contributed by atoms with Crippen LogP contribution in [0.5, 0.6) is 0 Å². The molecule has 1 aromatic heterocycles. The van der Waals surface area contributed by atoms with E-state index in [9.17, 15) is 19.5 Å². The van der Waals surface area contributed by atoms with Gasteiger partial charge in [-0.1, -0.05) is 19.1 Å². The number of carboxylic acids is 1. The summed E-state index contributed by atoms with van der Waals surface area (Å²) < 4.78 is 5.15. The van der Waals surface area contributed by atoms with Crippen molar-refractivity contribution in [1.29, 1.82) is 0 Å². The van der Waals surface area contributed by atoms with Crippen molar-refractivity contribution >= 4 is 34.2 Å². The molecular weight excluding hydrogens is 354 g/mol. The van der Waals surface area contributed by atoms with E-state index in [0.29, 0.717) is 23.4 Å². The monoisotopic (exact) mass is 377 g/mol. The zero-order valence-electron chi connectivity index (χ0n) is 15.1. The molecule has 4 atom stereocenters. The van der Waals surface area contributed by atoms with Crippen LogP contribution in [0.25, 0.3) is 0 Å². The SMILES string of the molecule is CCOC(=O)c1c(NC(=O)[C@H]2[C@@H](C(=O)O)[C@H]3C=C[C@@H]2C3)sc(C)c1CC. The molecule has 0 radical (unpaired) electrons. The lowest BCUT2D eigenvalue weighted by Crippen LogP contribution is -2.36. The Hall–Kier alpha value is -2.15. The third-order valence-corrected chi connectivity index (χ3v) is 6.39. The summed E-state index contributed by atoms with van der Waals surface area (Å²) in [7, 11) is 0. The van der Waals surface area contributed by atoms with E-state index in [1.54, 1.807) is 6.92 Å². The number of ether oxygens (including phenoxy) is 1. The van der Waals surface area contributed by atoms with Gasteiger partial charge in [0.2, 0.25) is 5.91 Å². The lowest BCUT2D eigenvalue weighted by Gasteiger charge is -2.23. The molecule has 1 heterocycles. The molecule has 2 aliphatic carbocycles. The predicted molar refractivity (Wildman–Crippen MR) is 98.4 cm³/mol.